The minimum absolute atomic E-state index is 0.258. The van der Waals surface area contributed by atoms with Crippen LogP contribution in [0.5, 0.6) is 0 Å². The molecule has 1 N–H and O–H groups in total. The van der Waals surface area contributed by atoms with Gasteiger partial charge in [-0.15, -0.1) is 0 Å². The molecule has 1 heteroatoms. The maximum absolute atomic E-state index is 9.90. The number of aryl methyl sites for hydroxylation is 4. The predicted octanol–water partition coefficient (Wildman–Crippen LogP) is 5.66. The number of benzene rings is 2. The summed E-state index contributed by atoms with van der Waals surface area (Å²) in [6, 6.07) is 13.5. The average Bonchev–Trinajstić information content (AvgIpc) is 2.57. The smallest absolute Gasteiger partial charge is 0.0462 e. The lowest BCUT2D eigenvalue weighted by atomic mass is 9.83. The fraction of sp³-hybridized carbons (Fsp3) is 0.478. The highest BCUT2D eigenvalue weighted by molar-refractivity contribution is 5.32. The summed E-state index contributed by atoms with van der Waals surface area (Å²) in [5, 5.41) is 9.90. The molecule has 0 aliphatic rings. The molecule has 0 aliphatic carbocycles. The van der Waals surface area contributed by atoms with Crippen molar-refractivity contribution in [1.29, 1.82) is 0 Å². The minimum atomic E-state index is 0.258. The number of rotatable bonds is 7. The molecular formula is C23H32O. The van der Waals surface area contributed by atoms with E-state index in [1.165, 1.54) is 33.4 Å². The molecule has 1 nitrogen and oxygen atoms in total. The van der Waals surface area contributed by atoms with E-state index in [0.29, 0.717) is 11.8 Å². The molecule has 0 heterocycles. The first-order valence-electron chi connectivity index (χ1n) is 9.18. The third kappa shape index (κ3) is 4.70. The fourth-order valence-electron chi connectivity index (χ4n) is 3.45. The van der Waals surface area contributed by atoms with Crippen LogP contribution in [0.4, 0.5) is 0 Å². The minimum Gasteiger partial charge on any atom is -0.396 e. The number of aliphatic hydroxyl groups is 1. The number of aliphatic hydroxyl groups excluding tert-OH is 1. The van der Waals surface area contributed by atoms with Crippen molar-refractivity contribution in [3.8, 4) is 0 Å². The van der Waals surface area contributed by atoms with Gasteiger partial charge in [-0.2, -0.15) is 0 Å². The Morgan fingerprint density at radius 1 is 0.833 bits per heavy atom. The largest absolute Gasteiger partial charge is 0.396 e. The molecule has 0 aromatic heterocycles. The summed E-state index contributed by atoms with van der Waals surface area (Å²) >= 11 is 0. The van der Waals surface area contributed by atoms with Crippen LogP contribution in [0.25, 0.3) is 0 Å². The highest BCUT2D eigenvalue weighted by atomic mass is 16.3. The van der Waals surface area contributed by atoms with Gasteiger partial charge in [-0.25, -0.2) is 0 Å². The molecule has 0 fully saturated rings. The van der Waals surface area contributed by atoms with Gasteiger partial charge in [0.25, 0.3) is 0 Å². The van der Waals surface area contributed by atoms with Crippen molar-refractivity contribution < 1.29 is 5.11 Å². The molecule has 2 rings (SSSR count). The van der Waals surface area contributed by atoms with Gasteiger partial charge in [0.05, 0.1) is 0 Å². The Morgan fingerprint density at radius 3 is 2.00 bits per heavy atom. The highest BCUT2D eigenvalue weighted by Gasteiger charge is 2.17. The van der Waals surface area contributed by atoms with Crippen molar-refractivity contribution in [2.75, 3.05) is 6.61 Å². The summed E-state index contributed by atoms with van der Waals surface area (Å²) in [5.74, 6) is 0.840. The van der Waals surface area contributed by atoms with Crippen LogP contribution in [0.2, 0.25) is 0 Å². The second-order valence-corrected chi connectivity index (χ2v) is 7.36. The zero-order valence-corrected chi connectivity index (χ0v) is 15.9. The van der Waals surface area contributed by atoms with Crippen LogP contribution in [0.1, 0.15) is 59.1 Å². The molecule has 2 aromatic carbocycles. The molecule has 0 saturated heterocycles. The van der Waals surface area contributed by atoms with E-state index >= 15 is 0 Å². The summed E-state index contributed by atoms with van der Waals surface area (Å²) < 4.78 is 0. The topological polar surface area (TPSA) is 20.2 Å². The lowest BCUT2D eigenvalue weighted by Crippen LogP contribution is -2.14. The summed E-state index contributed by atoms with van der Waals surface area (Å²) in [4.78, 5) is 0. The van der Waals surface area contributed by atoms with Gasteiger partial charge in [0, 0.05) is 6.61 Å². The Balaban J connectivity index is 2.11. The standard InChI is InChI=1S/C23H32O/c1-6-22(23-10-8-17(3)19(5)12-23)14-21(15-24)13-20-9-7-16(2)18(4)11-20/h7-12,21-22,24H,6,13-15H2,1-5H3/t21-,22?/m1/s1. The zero-order valence-electron chi connectivity index (χ0n) is 15.9. The second kappa shape index (κ2) is 8.48. The molecule has 0 aliphatic heterocycles. The lowest BCUT2D eigenvalue weighted by Gasteiger charge is -2.23. The third-order valence-electron chi connectivity index (χ3n) is 5.47. The van der Waals surface area contributed by atoms with Crippen molar-refractivity contribution in [2.24, 2.45) is 5.92 Å². The maximum Gasteiger partial charge on any atom is 0.0462 e. The van der Waals surface area contributed by atoms with Crippen LogP contribution in [-0.4, -0.2) is 11.7 Å². The van der Waals surface area contributed by atoms with Crippen LogP contribution in [-0.2, 0) is 6.42 Å². The van der Waals surface area contributed by atoms with Gasteiger partial charge in [-0.05, 0) is 92.2 Å². The monoisotopic (exact) mass is 324 g/mol. The molecule has 0 bridgehead atoms. The van der Waals surface area contributed by atoms with Crippen molar-refractivity contribution in [1.82, 2.24) is 0 Å². The first-order valence-corrected chi connectivity index (χ1v) is 9.18. The second-order valence-electron chi connectivity index (χ2n) is 7.36. The van der Waals surface area contributed by atoms with Crippen molar-refractivity contribution in [3.63, 3.8) is 0 Å². The van der Waals surface area contributed by atoms with Crippen LogP contribution in [0.3, 0.4) is 0 Å². The number of hydrogen-bond acceptors (Lipinski definition) is 1. The highest BCUT2D eigenvalue weighted by Crippen LogP contribution is 2.30. The predicted molar refractivity (Wildman–Crippen MR) is 104 cm³/mol. The molecule has 1 unspecified atom stereocenters. The Kier molecular flexibility index (Phi) is 6.62. The van der Waals surface area contributed by atoms with Crippen molar-refractivity contribution >= 4 is 0 Å². The van der Waals surface area contributed by atoms with Gasteiger partial charge in [-0.3, -0.25) is 0 Å². The van der Waals surface area contributed by atoms with Crippen LogP contribution in [0, 0.1) is 33.6 Å². The zero-order chi connectivity index (χ0) is 17.7. The fourth-order valence-corrected chi connectivity index (χ4v) is 3.45. The van der Waals surface area contributed by atoms with Crippen LogP contribution >= 0.6 is 0 Å². The van der Waals surface area contributed by atoms with Crippen molar-refractivity contribution in [2.45, 2.75) is 59.8 Å². The molecule has 2 aromatic rings. The van der Waals surface area contributed by atoms with E-state index in [1.54, 1.807) is 0 Å². The number of hydrogen-bond donors (Lipinski definition) is 1. The van der Waals surface area contributed by atoms with Gasteiger partial charge < -0.3 is 5.11 Å². The average molecular weight is 325 g/mol. The Bertz CT molecular complexity index is 672. The van der Waals surface area contributed by atoms with Gasteiger partial charge in [-0.1, -0.05) is 43.3 Å². The Labute approximate surface area is 147 Å². The molecule has 2 atom stereocenters. The van der Waals surface area contributed by atoms with Crippen molar-refractivity contribution in [3.05, 3.63) is 69.8 Å². The summed E-state index contributed by atoms with van der Waals surface area (Å²) in [5.41, 5.74) is 8.14. The van der Waals surface area contributed by atoms with E-state index in [2.05, 4.69) is 71.0 Å². The van der Waals surface area contributed by atoms with Gasteiger partial charge >= 0.3 is 0 Å². The Hall–Kier alpha value is -1.60. The summed E-state index contributed by atoms with van der Waals surface area (Å²) in [6.07, 6.45) is 3.12. The first-order chi connectivity index (χ1) is 11.4. The van der Waals surface area contributed by atoms with E-state index in [0.717, 1.165) is 19.3 Å². The van der Waals surface area contributed by atoms with Gasteiger partial charge in [0.2, 0.25) is 0 Å². The SMILES string of the molecule is CCC(C[C@H](CO)Cc1ccc(C)c(C)c1)c1ccc(C)c(C)c1. The molecule has 24 heavy (non-hydrogen) atoms. The first kappa shape index (κ1) is 18.7. The lowest BCUT2D eigenvalue weighted by molar-refractivity contribution is 0.209. The van der Waals surface area contributed by atoms with E-state index in [-0.39, 0.29) is 6.61 Å². The normalized spacial score (nSPS) is 13.8. The molecule has 0 radical (unpaired) electrons. The van der Waals surface area contributed by atoms with E-state index < -0.39 is 0 Å². The van der Waals surface area contributed by atoms with E-state index in [9.17, 15) is 5.11 Å². The molecular weight excluding hydrogens is 292 g/mol. The maximum atomic E-state index is 9.90. The third-order valence-corrected chi connectivity index (χ3v) is 5.47. The summed E-state index contributed by atoms with van der Waals surface area (Å²) in [7, 11) is 0. The molecule has 0 amide bonds. The quantitative estimate of drug-likeness (QED) is 0.697. The Morgan fingerprint density at radius 2 is 1.46 bits per heavy atom. The van der Waals surface area contributed by atoms with Gasteiger partial charge in [0.1, 0.15) is 0 Å². The van der Waals surface area contributed by atoms with E-state index in [1.807, 2.05) is 0 Å². The molecule has 0 saturated carbocycles. The summed E-state index contributed by atoms with van der Waals surface area (Å²) in [6.45, 7) is 11.2. The van der Waals surface area contributed by atoms with E-state index in [4.69, 9.17) is 0 Å². The van der Waals surface area contributed by atoms with Crippen LogP contribution in [0.15, 0.2) is 36.4 Å². The van der Waals surface area contributed by atoms with Gasteiger partial charge in [0.15, 0.2) is 0 Å². The molecule has 0 spiro atoms. The van der Waals surface area contributed by atoms with Crippen LogP contribution < -0.4 is 0 Å². The molecule has 130 valence electrons.